The molecule has 1 aliphatic heterocycles. The zero-order valence-corrected chi connectivity index (χ0v) is 20.1. The molecule has 0 spiro atoms. The number of H-pyrrole nitrogens is 1. The maximum atomic E-state index is 13.2. The van der Waals surface area contributed by atoms with Crippen molar-refractivity contribution in [3.8, 4) is 11.5 Å². The smallest absolute Gasteiger partial charge is 0.295 e. The van der Waals surface area contributed by atoms with E-state index in [1.165, 1.54) is 17.0 Å². The maximum Gasteiger partial charge on any atom is 0.295 e. The first kappa shape index (κ1) is 23.5. The summed E-state index contributed by atoms with van der Waals surface area (Å²) in [7, 11) is 1.60. The van der Waals surface area contributed by atoms with Crippen LogP contribution in [0.2, 0.25) is 5.02 Å². The summed E-state index contributed by atoms with van der Waals surface area (Å²) in [6.45, 7) is 0.234. The molecule has 0 radical (unpaired) electrons. The largest absolute Gasteiger partial charge is 0.508 e. The normalized spacial score (nSPS) is 17.2. The molecule has 2 heterocycles. The molecule has 4 aromatic rings. The van der Waals surface area contributed by atoms with Gasteiger partial charge in [-0.2, -0.15) is 0 Å². The number of methoxy groups -OCH3 is 1. The van der Waals surface area contributed by atoms with Crippen LogP contribution in [0.1, 0.15) is 22.7 Å². The van der Waals surface area contributed by atoms with Gasteiger partial charge in [0.1, 0.15) is 17.3 Å². The molecule has 8 heteroatoms. The highest BCUT2D eigenvalue weighted by molar-refractivity contribution is 6.46. The van der Waals surface area contributed by atoms with Crippen LogP contribution in [0.3, 0.4) is 0 Å². The second-order valence-electron chi connectivity index (χ2n) is 8.57. The van der Waals surface area contributed by atoms with Gasteiger partial charge in [0.2, 0.25) is 0 Å². The van der Waals surface area contributed by atoms with Crippen LogP contribution >= 0.6 is 11.6 Å². The van der Waals surface area contributed by atoms with E-state index in [2.05, 4.69) is 4.98 Å². The number of halogens is 1. The van der Waals surface area contributed by atoms with E-state index in [4.69, 9.17) is 16.3 Å². The number of aromatic amines is 1. The quantitative estimate of drug-likeness (QED) is 0.191. The van der Waals surface area contributed by atoms with Crippen molar-refractivity contribution in [3.63, 3.8) is 0 Å². The second-order valence-corrected chi connectivity index (χ2v) is 9.00. The number of likely N-dealkylation sites (tertiary alicyclic amines) is 1. The van der Waals surface area contributed by atoms with E-state index in [-0.39, 0.29) is 23.6 Å². The first-order valence-corrected chi connectivity index (χ1v) is 11.7. The minimum atomic E-state index is -0.818. The van der Waals surface area contributed by atoms with Crippen molar-refractivity contribution in [2.45, 2.75) is 12.5 Å². The number of phenolic OH excluding ortho intramolecular Hbond substituents is 1. The Morgan fingerprint density at radius 1 is 1.06 bits per heavy atom. The summed E-state index contributed by atoms with van der Waals surface area (Å²) in [6.07, 6.45) is 2.35. The molecule has 0 unspecified atom stereocenters. The molecule has 0 saturated carbocycles. The number of nitrogens with zero attached hydrogens (tertiary/aromatic N) is 1. The SMILES string of the molecule is COc1ccc2[nH]cc(CCN3C(=O)C(=O)C(=C(O)c4ccc(Cl)cc4)[C@H]3c3ccc(O)cc3)c2c1. The molecular formula is C28H23ClN2O5. The summed E-state index contributed by atoms with van der Waals surface area (Å²) in [5.41, 5.74) is 2.88. The number of rotatable bonds is 6. The standard InChI is InChI=1S/C28H23ClN2O5/c1-36-21-10-11-23-22(14-21)18(15-30-23)12-13-31-25(16-4-8-20(32)9-5-16)24(27(34)28(31)35)26(33)17-2-6-19(29)7-3-17/h2-11,14-15,25,30,32-33H,12-13H2,1H3/t25-/m1/s1. The molecule has 1 saturated heterocycles. The zero-order valence-electron chi connectivity index (χ0n) is 19.4. The third-order valence-corrected chi connectivity index (χ3v) is 6.72. The lowest BCUT2D eigenvalue weighted by Crippen LogP contribution is -2.31. The van der Waals surface area contributed by atoms with Gasteiger partial charge in [0, 0.05) is 34.2 Å². The molecule has 3 N–H and O–H groups in total. The monoisotopic (exact) mass is 502 g/mol. The van der Waals surface area contributed by atoms with Gasteiger partial charge in [-0.25, -0.2) is 0 Å². The van der Waals surface area contributed by atoms with E-state index in [1.54, 1.807) is 43.5 Å². The summed E-state index contributed by atoms with van der Waals surface area (Å²) >= 11 is 5.98. The number of ketones is 1. The number of fused-ring (bicyclic) bond motifs is 1. The number of hydrogen-bond acceptors (Lipinski definition) is 5. The first-order chi connectivity index (χ1) is 17.4. The van der Waals surface area contributed by atoms with Crippen LogP contribution in [-0.4, -0.2) is 45.4 Å². The van der Waals surface area contributed by atoms with E-state index in [0.29, 0.717) is 22.6 Å². The third-order valence-electron chi connectivity index (χ3n) is 6.46. The fourth-order valence-corrected chi connectivity index (χ4v) is 4.74. The number of hydrogen-bond donors (Lipinski definition) is 3. The Kier molecular flexibility index (Phi) is 6.16. The number of Topliss-reactive ketones (excluding diaryl/α,β-unsaturated/α-hetero) is 1. The average Bonchev–Trinajstić information content (AvgIpc) is 3.40. The van der Waals surface area contributed by atoms with Crippen LogP contribution in [0.25, 0.3) is 16.7 Å². The summed E-state index contributed by atoms with van der Waals surface area (Å²) in [6, 6.07) is 17.6. The molecule has 1 amide bonds. The van der Waals surface area contributed by atoms with E-state index in [9.17, 15) is 19.8 Å². The number of aromatic hydroxyl groups is 1. The van der Waals surface area contributed by atoms with Gasteiger partial charge in [-0.1, -0.05) is 23.7 Å². The third kappa shape index (κ3) is 4.18. The molecule has 3 aromatic carbocycles. The number of carbonyl (C=O) groups excluding carboxylic acids is 2. The van der Waals surface area contributed by atoms with Crippen LogP contribution in [0.5, 0.6) is 11.5 Å². The molecule has 1 atom stereocenters. The highest BCUT2D eigenvalue weighted by Crippen LogP contribution is 2.40. The lowest BCUT2D eigenvalue weighted by atomic mass is 9.95. The Bertz CT molecular complexity index is 1490. The Balaban J connectivity index is 1.55. The maximum absolute atomic E-state index is 13.2. The van der Waals surface area contributed by atoms with Crippen molar-refractivity contribution in [1.82, 2.24) is 9.88 Å². The lowest BCUT2D eigenvalue weighted by molar-refractivity contribution is -0.139. The summed E-state index contributed by atoms with van der Waals surface area (Å²) < 4.78 is 5.34. The number of phenols is 1. The van der Waals surface area contributed by atoms with Gasteiger partial charge in [-0.15, -0.1) is 0 Å². The van der Waals surface area contributed by atoms with Crippen LogP contribution in [0, 0.1) is 0 Å². The van der Waals surface area contributed by atoms with Crippen molar-refractivity contribution >= 4 is 40.0 Å². The molecule has 0 aliphatic carbocycles. The Labute approximate surface area is 212 Å². The molecule has 36 heavy (non-hydrogen) atoms. The molecule has 182 valence electrons. The van der Waals surface area contributed by atoms with Gasteiger partial charge in [-0.3, -0.25) is 9.59 Å². The fourth-order valence-electron chi connectivity index (χ4n) is 4.61. The topological polar surface area (TPSA) is 103 Å². The number of amides is 1. The number of aliphatic hydroxyl groups is 1. The lowest BCUT2D eigenvalue weighted by Gasteiger charge is -2.25. The molecule has 1 aromatic heterocycles. The predicted molar refractivity (Wildman–Crippen MR) is 137 cm³/mol. The Hall–Kier alpha value is -4.23. The summed E-state index contributed by atoms with van der Waals surface area (Å²) in [5.74, 6) is -0.957. The minimum absolute atomic E-state index is 0.00592. The molecule has 5 rings (SSSR count). The number of aliphatic hydroxyl groups excluding tert-OH is 1. The van der Waals surface area contributed by atoms with Crippen molar-refractivity contribution in [2.24, 2.45) is 0 Å². The van der Waals surface area contributed by atoms with Gasteiger partial charge in [0.15, 0.2) is 0 Å². The molecule has 1 aliphatic rings. The van der Waals surface area contributed by atoms with Crippen molar-refractivity contribution in [1.29, 1.82) is 0 Å². The van der Waals surface area contributed by atoms with Crippen LogP contribution < -0.4 is 4.74 Å². The van der Waals surface area contributed by atoms with E-state index in [0.717, 1.165) is 22.2 Å². The molecule has 1 fully saturated rings. The number of carbonyl (C=O) groups is 2. The Morgan fingerprint density at radius 3 is 2.47 bits per heavy atom. The van der Waals surface area contributed by atoms with E-state index in [1.807, 2.05) is 24.4 Å². The van der Waals surface area contributed by atoms with Gasteiger partial charge < -0.3 is 24.8 Å². The van der Waals surface area contributed by atoms with Crippen molar-refractivity contribution in [2.75, 3.05) is 13.7 Å². The number of ether oxygens (including phenoxy) is 1. The first-order valence-electron chi connectivity index (χ1n) is 11.3. The van der Waals surface area contributed by atoms with Crippen LogP contribution in [0.4, 0.5) is 0 Å². The number of aromatic nitrogens is 1. The molecule has 0 bridgehead atoms. The minimum Gasteiger partial charge on any atom is -0.508 e. The second kappa shape index (κ2) is 9.43. The van der Waals surface area contributed by atoms with Crippen molar-refractivity contribution < 1.29 is 24.5 Å². The van der Waals surface area contributed by atoms with Gasteiger partial charge in [0.25, 0.3) is 11.7 Å². The summed E-state index contributed by atoms with van der Waals surface area (Å²) in [4.78, 5) is 31.1. The van der Waals surface area contributed by atoms with E-state index >= 15 is 0 Å². The fraction of sp³-hybridized carbons (Fsp3) is 0.143. The number of nitrogens with one attached hydrogen (secondary N) is 1. The van der Waals surface area contributed by atoms with Gasteiger partial charge in [-0.05, 0) is 72.1 Å². The van der Waals surface area contributed by atoms with Gasteiger partial charge >= 0.3 is 0 Å². The van der Waals surface area contributed by atoms with Crippen LogP contribution in [0.15, 0.2) is 78.5 Å². The average molecular weight is 503 g/mol. The van der Waals surface area contributed by atoms with Crippen molar-refractivity contribution in [3.05, 3.63) is 100 Å². The highest BCUT2D eigenvalue weighted by atomic mass is 35.5. The van der Waals surface area contributed by atoms with E-state index < -0.39 is 17.7 Å². The zero-order chi connectivity index (χ0) is 25.4. The molecule has 7 nitrogen and oxygen atoms in total. The number of benzene rings is 3. The summed E-state index contributed by atoms with van der Waals surface area (Å²) in [5, 5.41) is 22.4. The van der Waals surface area contributed by atoms with Gasteiger partial charge in [0.05, 0.1) is 18.7 Å². The molecular weight excluding hydrogens is 480 g/mol. The highest BCUT2D eigenvalue weighted by Gasteiger charge is 2.45. The van der Waals surface area contributed by atoms with Crippen LogP contribution in [-0.2, 0) is 16.0 Å². The Morgan fingerprint density at radius 2 is 1.78 bits per heavy atom. The predicted octanol–water partition coefficient (Wildman–Crippen LogP) is 5.20.